The van der Waals surface area contributed by atoms with Crippen molar-refractivity contribution in [1.29, 1.82) is 5.26 Å². The molecule has 2 heterocycles. The van der Waals surface area contributed by atoms with E-state index in [1.807, 2.05) is 72.8 Å². The molecule has 8 aromatic carbocycles. The van der Waals surface area contributed by atoms with Crippen molar-refractivity contribution in [3.8, 4) is 34.0 Å². The average molecular weight is 835 g/mol. The molecule has 1 aromatic heterocycles. The molecule has 1 unspecified atom stereocenters. The lowest BCUT2D eigenvalue weighted by Gasteiger charge is -2.25. The van der Waals surface area contributed by atoms with E-state index >= 15 is 0 Å². The van der Waals surface area contributed by atoms with Crippen LogP contribution in [0.25, 0.3) is 49.7 Å². The molecule has 65 heavy (non-hydrogen) atoms. The summed E-state index contributed by atoms with van der Waals surface area (Å²) in [6, 6.07) is 69.9. The van der Waals surface area contributed by atoms with Crippen molar-refractivity contribution in [1.82, 2.24) is 4.57 Å². The number of aliphatic imine (C=N–C) groups is 3. The average Bonchev–Trinajstić information content (AvgIpc) is 3.89. The Morgan fingerprint density at radius 1 is 0.600 bits per heavy atom. The highest BCUT2D eigenvalue weighted by Gasteiger charge is 2.35. The van der Waals surface area contributed by atoms with Gasteiger partial charge in [0.05, 0.1) is 34.9 Å². The minimum atomic E-state index is 0.237. The van der Waals surface area contributed by atoms with E-state index in [0.29, 0.717) is 23.8 Å². The van der Waals surface area contributed by atoms with Crippen LogP contribution in [0.2, 0.25) is 0 Å². The van der Waals surface area contributed by atoms with E-state index < -0.39 is 0 Å². The summed E-state index contributed by atoms with van der Waals surface area (Å²) in [4.78, 5) is 16.7. The maximum atomic E-state index is 10.4. The fourth-order valence-electron chi connectivity index (χ4n) is 9.39. The number of para-hydroxylation sites is 2. The van der Waals surface area contributed by atoms with Crippen LogP contribution in [0.4, 0.5) is 11.4 Å². The SMILES string of the molecule is C=N/C(=N\C(=N/Cc1ccccc1)c1cc(C#N)cc(-c2ccc3c(c2)N(c2ccc(-c4ccc5c6ccccc6n(-c6ccccc6)c5c4)cc2)C2=CC=CCC23)c1)c1ccccc1. The van der Waals surface area contributed by atoms with Crippen molar-refractivity contribution in [2.75, 3.05) is 4.90 Å². The quantitative estimate of drug-likeness (QED) is 0.113. The van der Waals surface area contributed by atoms with E-state index in [-0.39, 0.29) is 5.92 Å². The molecule has 0 bridgehead atoms. The predicted molar refractivity (Wildman–Crippen MR) is 269 cm³/mol. The first-order chi connectivity index (χ1) is 32.1. The molecular weight excluding hydrogens is 793 g/mol. The molecule has 9 aromatic rings. The first-order valence-electron chi connectivity index (χ1n) is 21.9. The highest BCUT2D eigenvalue weighted by Crippen LogP contribution is 2.52. The van der Waals surface area contributed by atoms with Crippen molar-refractivity contribution in [3.05, 3.63) is 246 Å². The minimum Gasteiger partial charge on any atom is -0.313 e. The molecule has 6 nitrogen and oxygen atoms in total. The monoisotopic (exact) mass is 834 g/mol. The number of amidine groups is 2. The van der Waals surface area contributed by atoms with Gasteiger partial charge in [0.15, 0.2) is 11.7 Å². The Morgan fingerprint density at radius 2 is 1.29 bits per heavy atom. The fraction of sp³-hybridized carbons (Fsp3) is 0.0508. The van der Waals surface area contributed by atoms with Crippen molar-refractivity contribution in [2.24, 2.45) is 15.0 Å². The highest BCUT2D eigenvalue weighted by molar-refractivity contribution is 6.13. The van der Waals surface area contributed by atoms with Gasteiger partial charge in [0, 0.05) is 44.9 Å². The summed E-state index contributed by atoms with van der Waals surface area (Å²) in [5.74, 6) is 1.17. The molecule has 0 spiro atoms. The summed E-state index contributed by atoms with van der Waals surface area (Å²) in [6.07, 6.45) is 7.60. The van der Waals surface area contributed by atoms with Crippen molar-refractivity contribution in [3.63, 3.8) is 0 Å². The van der Waals surface area contributed by atoms with Gasteiger partial charge >= 0.3 is 0 Å². The standard InChI is InChI=1S/C59H42N6/c1-61-58(43-17-7-3-8-18-43)63-59(62-39-40-15-5-2-6-16-40)47-34-41(38-60)33-46(35-47)45-28-32-53-51-22-12-14-24-55(51)65(57(53)37-45)49-29-25-42(26-30-49)44-27-31-52-50-21-11-13-23-54(50)64(56(52)36-44)48-19-9-4-10-20-48/h2-21,23-37,51H,1,22,39H2/b62-59-,63-58-. The van der Waals surface area contributed by atoms with Crippen LogP contribution in [0.5, 0.6) is 0 Å². The molecule has 0 saturated carbocycles. The normalized spacial score (nSPS) is 14.5. The number of hydrogen-bond donors (Lipinski definition) is 0. The first kappa shape index (κ1) is 39.2. The van der Waals surface area contributed by atoms with E-state index in [2.05, 4.69) is 167 Å². The second kappa shape index (κ2) is 16.9. The summed E-state index contributed by atoms with van der Waals surface area (Å²) in [5, 5.41) is 12.9. The van der Waals surface area contributed by atoms with Crippen LogP contribution in [0.1, 0.15) is 40.2 Å². The number of allylic oxidation sites excluding steroid dienone is 4. The van der Waals surface area contributed by atoms with Gasteiger partial charge in [-0.2, -0.15) is 5.26 Å². The van der Waals surface area contributed by atoms with Gasteiger partial charge in [-0.1, -0.05) is 146 Å². The van der Waals surface area contributed by atoms with E-state index in [0.717, 1.165) is 62.4 Å². The highest BCUT2D eigenvalue weighted by atomic mass is 15.2. The Hall–Kier alpha value is -8.66. The maximum absolute atomic E-state index is 10.4. The molecule has 308 valence electrons. The van der Waals surface area contributed by atoms with Crippen LogP contribution in [-0.4, -0.2) is 23.0 Å². The van der Waals surface area contributed by atoms with Gasteiger partial charge in [0.2, 0.25) is 0 Å². The van der Waals surface area contributed by atoms with Crippen LogP contribution in [0.15, 0.2) is 233 Å². The lowest BCUT2D eigenvalue weighted by molar-refractivity contribution is 0.819. The Bertz CT molecular complexity index is 3440. The van der Waals surface area contributed by atoms with Crippen molar-refractivity contribution in [2.45, 2.75) is 18.9 Å². The van der Waals surface area contributed by atoms with E-state index in [9.17, 15) is 5.26 Å². The number of anilines is 2. The van der Waals surface area contributed by atoms with Gasteiger partial charge in [-0.15, -0.1) is 0 Å². The Balaban J connectivity index is 0.977. The van der Waals surface area contributed by atoms with Crippen LogP contribution in [-0.2, 0) is 6.54 Å². The summed E-state index contributed by atoms with van der Waals surface area (Å²) < 4.78 is 2.37. The molecule has 0 radical (unpaired) electrons. The zero-order valence-corrected chi connectivity index (χ0v) is 35.6. The molecule has 11 rings (SSSR count). The minimum absolute atomic E-state index is 0.237. The summed E-state index contributed by atoms with van der Waals surface area (Å²) >= 11 is 0. The summed E-state index contributed by atoms with van der Waals surface area (Å²) in [6.45, 7) is 4.26. The van der Waals surface area contributed by atoms with Crippen molar-refractivity contribution >= 4 is 51.6 Å². The molecule has 2 aliphatic rings. The van der Waals surface area contributed by atoms with Gasteiger partial charge in [0.25, 0.3) is 0 Å². The van der Waals surface area contributed by atoms with E-state index in [4.69, 9.17) is 9.98 Å². The van der Waals surface area contributed by atoms with Crippen molar-refractivity contribution < 1.29 is 0 Å². The molecule has 0 amide bonds. The van der Waals surface area contributed by atoms with Crippen LogP contribution < -0.4 is 4.90 Å². The first-order valence-corrected chi connectivity index (χ1v) is 21.9. The zero-order valence-electron chi connectivity index (χ0n) is 35.6. The molecule has 1 aliphatic carbocycles. The van der Waals surface area contributed by atoms with Gasteiger partial charge in [-0.05, 0) is 113 Å². The third kappa shape index (κ3) is 7.35. The second-order valence-corrected chi connectivity index (χ2v) is 16.4. The van der Waals surface area contributed by atoms with Crippen LogP contribution in [0, 0.1) is 11.3 Å². The number of hydrogen-bond acceptors (Lipinski definition) is 3. The Kier molecular flexibility index (Phi) is 10.2. The van der Waals surface area contributed by atoms with E-state index in [1.165, 1.54) is 33.1 Å². The molecule has 0 N–H and O–H groups in total. The second-order valence-electron chi connectivity index (χ2n) is 16.4. The lowest BCUT2D eigenvalue weighted by Crippen LogP contribution is -2.14. The number of fused-ring (bicyclic) bond motifs is 6. The number of aromatic nitrogens is 1. The third-order valence-corrected chi connectivity index (χ3v) is 12.5. The van der Waals surface area contributed by atoms with E-state index in [1.54, 1.807) is 0 Å². The Morgan fingerprint density at radius 3 is 2.08 bits per heavy atom. The topological polar surface area (TPSA) is 69.0 Å². The van der Waals surface area contributed by atoms with Gasteiger partial charge in [-0.25, -0.2) is 9.98 Å². The number of nitriles is 1. The number of rotatable bonds is 8. The number of nitrogens with zero attached hydrogens (tertiary/aromatic N) is 6. The molecule has 6 heteroatoms. The molecule has 1 aliphatic heterocycles. The van der Waals surface area contributed by atoms with Gasteiger partial charge < -0.3 is 9.47 Å². The van der Waals surface area contributed by atoms with Gasteiger partial charge in [0.1, 0.15) is 0 Å². The van der Waals surface area contributed by atoms with Gasteiger partial charge in [-0.3, -0.25) is 4.99 Å². The molecule has 1 atom stereocenters. The fourth-order valence-corrected chi connectivity index (χ4v) is 9.39. The Labute approximate surface area is 378 Å². The predicted octanol–water partition coefficient (Wildman–Crippen LogP) is 14.2. The lowest BCUT2D eigenvalue weighted by atomic mass is 9.90. The maximum Gasteiger partial charge on any atom is 0.161 e. The summed E-state index contributed by atoms with van der Waals surface area (Å²) in [5.41, 5.74) is 15.6. The molecular formula is C59H42N6. The molecule has 0 saturated heterocycles. The van der Waals surface area contributed by atoms with Crippen LogP contribution in [0.3, 0.4) is 0 Å². The molecule has 0 fully saturated rings. The largest absolute Gasteiger partial charge is 0.313 e. The third-order valence-electron chi connectivity index (χ3n) is 12.5. The summed E-state index contributed by atoms with van der Waals surface area (Å²) in [7, 11) is 0. The smallest absolute Gasteiger partial charge is 0.161 e. The van der Waals surface area contributed by atoms with Crippen LogP contribution >= 0.6 is 0 Å². The number of benzene rings is 8. The zero-order chi connectivity index (χ0) is 43.7.